The molecule has 0 radical (unpaired) electrons. The van der Waals surface area contributed by atoms with Gasteiger partial charge in [0.2, 0.25) is 0 Å². The minimum absolute atomic E-state index is 0.0955. The highest BCUT2D eigenvalue weighted by Gasteiger charge is 2.26. The van der Waals surface area contributed by atoms with E-state index in [-0.39, 0.29) is 17.0 Å². The summed E-state index contributed by atoms with van der Waals surface area (Å²) in [5.41, 5.74) is 1.00. The first-order chi connectivity index (χ1) is 14.0. The lowest BCUT2D eigenvalue weighted by atomic mass is 10.1. The van der Waals surface area contributed by atoms with E-state index in [1.165, 1.54) is 6.07 Å². The quantitative estimate of drug-likeness (QED) is 0.641. The van der Waals surface area contributed by atoms with Crippen LogP contribution >= 0.6 is 11.6 Å². The van der Waals surface area contributed by atoms with Crippen LogP contribution < -0.4 is 10.5 Å². The van der Waals surface area contributed by atoms with E-state index < -0.39 is 5.82 Å². The SMILES string of the molecule is CC1CCn2c1nc1c(-c3ccc(Cl)cc3F)nc(N3CCOCC3)cc1c2=O. The number of anilines is 1. The van der Waals surface area contributed by atoms with E-state index in [0.29, 0.717) is 60.3 Å². The highest BCUT2D eigenvalue weighted by molar-refractivity contribution is 6.30. The average Bonchev–Trinajstić information content (AvgIpc) is 3.10. The number of ether oxygens (including phenoxy) is 1. The molecule has 2 aromatic heterocycles. The molecule has 0 N–H and O–H groups in total. The third kappa shape index (κ3) is 3.09. The fourth-order valence-corrected chi connectivity index (χ4v) is 4.25. The summed E-state index contributed by atoms with van der Waals surface area (Å²) in [5.74, 6) is 1.06. The van der Waals surface area contributed by atoms with Crippen molar-refractivity contribution in [2.24, 2.45) is 0 Å². The summed E-state index contributed by atoms with van der Waals surface area (Å²) < 4.78 is 22.0. The first kappa shape index (κ1) is 18.5. The average molecular weight is 415 g/mol. The van der Waals surface area contributed by atoms with Crippen LogP contribution in [0.25, 0.3) is 22.2 Å². The Morgan fingerprint density at radius 3 is 2.72 bits per heavy atom. The summed E-state index contributed by atoms with van der Waals surface area (Å²) in [7, 11) is 0. The monoisotopic (exact) mass is 414 g/mol. The van der Waals surface area contributed by atoms with Gasteiger partial charge in [0, 0.05) is 36.1 Å². The maximum atomic E-state index is 14.8. The Balaban J connectivity index is 1.81. The minimum atomic E-state index is -0.485. The van der Waals surface area contributed by atoms with Crippen molar-refractivity contribution < 1.29 is 9.13 Å². The van der Waals surface area contributed by atoms with Gasteiger partial charge in [0.15, 0.2) is 0 Å². The van der Waals surface area contributed by atoms with E-state index in [2.05, 4.69) is 11.8 Å². The molecule has 4 heterocycles. The van der Waals surface area contributed by atoms with Gasteiger partial charge in [-0.1, -0.05) is 18.5 Å². The van der Waals surface area contributed by atoms with Crippen LogP contribution in [0.3, 0.4) is 0 Å². The van der Waals surface area contributed by atoms with Gasteiger partial charge in [0.1, 0.15) is 28.7 Å². The van der Waals surface area contributed by atoms with Crippen LogP contribution in [0.2, 0.25) is 5.02 Å². The van der Waals surface area contributed by atoms with E-state index in [0.717, 1.165) is 12.2 Å². The van der Waals surface area contributed by atoms with E-state index in [1.54, 1.807) is 22.8 Å². The number of hydrogen-bond donors (Lipinski definition) is 0. The second-order valence-electron chi connectivity index (χ2n) is 7.57. The summed E-state index contributed by atoms with van der Waals surface area (Å²) in [6, 6.07) is 6.26. The molecular weight excluding hydrogens is 395 g/mol. The molecule has 8 heteroatoms. The van der Waals surface area contributed by atoms with Gasteiger partial charge in [-0.15, -0.1) is 0 Å². The van der Waals surface area contributed by atoms with Crippen molar-refractivity contribution in [2.75, 3.05) is 31.2 Å². The van der Waals surface area contributed by atoms with Gasteiger partial charge in [-0.3, -0.25) is 9.36 Å². The molecule has 0 saturated carbocycles. The normalized spacial score (nSPS) is 19.0. The highest BCUT2D eigenvalue weighted by atomic mass is 35.5. The van der Waals surface area contributed by atoms with Crippen molar-refractivity contribution in [3.8, 4) is 11.3 Å². The fraction of sp³-hybridized carbons (Fsp3) is 0.381. The van der Waals surface area contributed by atoms with Gasteiger partial charge in [-0.2, -0.15) is 0 Å². The predicted octanol–water partition coefficient (Wildman–Crippen LogP) is 3.59. The molecule has 0 spiro atoms. The molecule has 2 aliphatic heterocycles. The standard InChI is InChI=1S/C21H20ClFN4O2/c1-12-4-5-27-20(12)25-19-15(21(27)28)11-17(26-6-8-29-9-7-26)24-18(19)14-3-2-13(22)10-16(14)23/h2-3,10-12H,4-9H2,1H3. The third-order valence-electron chi connectivity index (χ3n) is 5.71. The van der Waals surface area contributed by atoms with Crippen LogP contribution in [-0.2, 0) is 11.3 Å². The van der Waals surface area contributed by atoms with Gasteiger partial charge >= 0.3 is 0 Å². The number of hydrogen-bond acceptors (Lipinski definition) is 5. The Morgan fingerprint density at radius 1 is 1.17 bits per heavy atom. The summed E-state index contributed by atoms with van der Waals surface area (Å²) in [5, 5.41) is 0.770. The largest absolute Gasteiger partial charge is 0.378 e. The zero-order valence-electron chi connectivity index (χ0n) is 16.0. The summed E-state index contributed by atoms with van der Waals surface area (Å²) in [4.78, 5) is 24.9. The van der Waals surface area contributed by atoms with Gasteiger partial charge < -0.3 is 9.64 Å². The van der Waals surface area contributed by atoms with E-state index in [1.807, 2.05) is 0 Å². The summed E-state index contributed by atoms with van der Waals surface area (Å²) >= 11 is 5.95. The molecule has 0 aliphatic carbocycles. The van der Waals surface area contributed by atoms with Crippen LogP contribution in [0.1, 0.15) is 25.1 Å². The van der Waals surface area contributed by atoms with Gasteiger partial charge in [-0.25, -0.2) is 14.4 Å². The number of benzene rings is 1. The van der Waals surface area contributed by atoms with Crippen molar-refractivity contribution in [2.45, 2.75) is 25.8 Å². The number of rotatable bonds is 2. The van der Waals surface area contributed by atoms with Crippen molar-refractivity contribution in [1.29, 1.82) is 0 Å². The predicted molar refractivity (Wildman–Crippen MR) is 110 cm³/mol. The number of fused-ring (bicyclic) bond motifs is 2. The van der Waals surface area contributed by atoms with Crippen LogP contribution in [0, 0.1) is 5.82 Å². The Morgan fingerprint density at radius 2 is 1.97 bits per heavy atom. The van der Waals surface area contributed by atoms with Crippen LogP contribution in [-0.4, -0.2) is 40.8 Å². The Labute approximate surface area is 171 Å². The molecule has 5 rings (SSSR count). The van der Waals surface area contributed by atoms with Gasteiger partial charge in [0.05, 0.1) is 18.6 Å². The topological polar surface area (TPSA) is 60.3 Å². The second kappa shape index (κ2) is 7.07. The van der Waals surface area contributed by atoms with E-state index in [4.69, 9.17) is 26.3 Å². The number of halogens is 2. The molecule has 1 atom stereocenters. The molecular formula is C21H20ClFN4O2. The molecule has 29 heavy (non-hydrogen) atoms. The molecule has 1 aromatic carbocycles. The van der Waals surface area contributed by atoms with Gasteiger partial charge in [-0.05, 0) is 30.7 Å². The fourth-order valence-electron chi connectivity index (χ4n) is 4.09. The summed E-state index contributed by atoms with van der Waals surface area (Å²) in [6.45, 7) is 5.20. The van der Waals surface area contributed by atoms with Crippen molar-refractivity contribution in [3.63, 3.8) is 0 Å². The molecule has 0 amide bonds. The molecule has 3 aromatic rings. The molecule has 150 valence electrons. The summed E-state index contributed by atoms with van der Waals surface area (Å²) in [6.07, 6.45) is 0.868. The first-order valence-electron chi connectivity index (χ1n) is 9.76. The maximum absolute atomic E-state index is 14.8. The molecule has 1 saturated heterocycles. The van der Waals surface area contributed by atoms with Crippen molar-refractivity contribution in [1.82, 2.24) is 14.5 Å². The zero-order chi connectivity index (χ0) is 20.1. The lowest BCUT2D eigenvalue weighted by molar-refractivity contribution is 0.122. The second-order valence-corrected chi connectivity index (χ2v) is 8.00. The zero-order valence-corrected chi connectivity index (χ0v) is 16.7. The Bertz CT molecular complexity index is 1170. The molecule has 2 aliphatic rings. The van der Waals surface area contributed by atoms with Crippen molar-refractivity contribution in [3.05, 3.63) is 51.3 Å². The number of aromatic nitrogens is 3. The lowest BCUT2D eigenvalue weighted by Crippen LogP contribution is -2.37. The molecule has 1 fully saturated rings. The first-order valence-corrected chi connectivity index (χ1v) is 10.1. The van der Waals surface area contributed by atoms with Crippen LogP contribution in [0.4, 0.5) is 10.2 Å². The van der Waals surface area contributed by atoms with Crippen molar-refractivity contribution >= 4 is 28.3 Å². The maximum Gasteiger partial charge on any atom is 0.261 e. The van der Waals surface area contributed by atoms with Crippen LogP contribution in [0.15, 0.2) is 29.1 Å². The van der Waals surface area contributed by atoms with Crippen LogP contribution in [0.5, 0.6) is 0 Å². The number of morpholine rings is 1. The molecule has 1 unspecified atom stereocenters. The smallest absolute Gasteiger partial charge is 0.261 e. The lowest BCUT2D eigenvalue weighted by Gasteiger charge is -2.28. The minimum Gasteiger partial charge on any atom is -0.378 e. The Kier molecular flexibility index (Phi) is 4.52. The van der Waals surface area contributed by atoms with Gasteiger partial charge in [0.25, 0.3) is 5.56 Å². The Hall–Kier alpha value is -2.51. The third-order valence-corrected chi connectivity index (χ3v) is 5.94. The van der Waals surface area contributed by atoms with E-state index in [9.17, 15) is 9.18 Å². The number of pyridine rings is 1. The number of nitrogens with zero attached hydrogens (tertiary/aromatic N) is 4. The highest BCUT2D eigenvalue weighted by Crippen LogP contribution is 2.33. The molecule has 0 bridgehead atoms. The van der Waals surface area contributed by atoms with E-state index >= 15 is 0 Å². The molecule has 6 nitrogen and oxygen atoms in total.